The number of hydrogen-bond acceptors (Lipinski definition) is 3. The number of nitrogens with two attached hydrogens (primary N) is 1. The van der Waals surface area contributed by atoms with Crippen LogP contribution < -0.4 is 5.73 Å². The third-order valence-electron chi connectivity index (χ3n) is 4.01. The zero-order valence-electron chi connectivity index (χ0n) is 13.2. The van der Waals surface area contributed by atoms with Gasteiger partial charge in [0.2, 0.25) is 0 Å². The molecule has 0 aromatic carbocycles. The van der Waals surface area contributed by atoms with Crippen molar-refractivity contribution in [3.05, 3.63) is 23.4 Å². The van der Waals surface area contributed by atoms with Gasteiger partial charge in [0.25, 0.3) is 5.91 Å². The lowest BCUT2D eigenvalue weighted by Gasteiger charge is -2.32. The van der Waals surface area contributed by atoms with Crippen molar-refractivity contribution in [1.82, 2.24) is 9.88 Å². The average molecular weight is 275 g/mol. The molecule has 1 fully saturated rings. The molecule has 4 heteroatoms. The second-order valence-corrected chi connectivity index (χ2v) is 7.29. The fraction of sp³-hybridized carbons (Fsp3) is 0.625. The number of likely N-dealkylation sites (tertiary alicyclic amines) is 1. The third kappa shape index (κ3) is 2.79. The number of carbonyl (C=O) groups excluding carboxylic acids is 1. The highest BCUT2D eigenvalue weighted by atomic mass is 16.2. The van der Waals surface area contributed by atoms with Crippen LogP contribution in [0.15, 0.2) is 12.1 Å². The summed E-state index contributed by atoms with van der Waals surface area (Å²) in [6, 6.07) is 3.57. The molecule has 0 aliphatic carbocycles. The van der Waals surface area contributed by atoms with Crippen LogP contribution in [0, 0.1) is 0 Å². The molecule has 0 spiro atoms. The summed E-state index contributed by atoms with van der Waals surface area (Å²) in [6.45, 7) is 11.3. The Balaban J connectivity index is 2.38. The summed E-state index contributed by atoms with van der Waals surface area (Å²) >= 11 is 0. The zero-order valence-corrected chi connectivity index (χ0v) is 13.2. The van der Waals surface area contributed by atoms with Crippen LogP contribution in [0.3, 0.4) is 0 Å². The van der Waals surface area contributed by atoms with Crippen molar-refractivity contribution in [3.8, 4) is 0 Å². The molecule has 2 N–H and O–H groups in total. The Morgan fingerprint density at radius 3 is 2.50 bits per heavy atom. The van der Waals surface area contributed by atoms with Gasteiger partial charge in [-0.15, -0.1) is 0 Å². The first-order valence-electron chi connectivity index (χ1n) is 7.21. The highest BCUT2D eigenvalue weighted by molar-refractivity contribution is 5.95. The largest absolute Gasteiger partial charge is 0.384 e. The van der Waals surface area contributed by atoms with E-state index in [-0.39, 0.29) is 16.9 Å². The Labute approximate surface area is 121 Å². The van der Waals surface area contributed by atoms with Gasteiger partial charge in [0.1, 0.15) is 5.82 Å². The lowest BCUT2D eigenvalue weighted by atomic mass is 9.90. The van der Waals surface area contributed by atoms with E-state index < -0.39 is 0 Å². The summed E-state index contributed by atoms with van der Waals surface area (Å²) in [6.07, 6.45) is 2.11. The standard InChI is InChI=1S/C16H25N3O/c1-15(2,3)12-9-11(10-13(17)18-12)14(20)19-8-6-7-16(19,4)5/h9-10H,6-8H2,1-5H3,(H2,17,18). The van der Waals surface area contributed by atoms with Gasteiger partial charge in [0, 0.05) is 28.8 Å². The van der Waals surface area contributed by atoms with Crippen LogP contribution in [0.5, 0.6) is 0 Å². The second-order valence-electron chi connectivity index (χ2n) is 7.29. The van der Waals surface area contributed by atoms with Gasteiger partial charge < -0.3 is 10.6 Å². The van der Waals surface area contributed by atoms with E-state index in [1.54, 1.807) is 6.07 Å². The minimum absolute atomic E-state index is 0.0621. The molecule has 0 saturated carbocycles. The molecule has 2 rings (SSSR count). The van der Waals surface area contributed by atoms with E-state index in [0.29, 0.717) is 11.4 Å². The lowest BCUT2D eigenvalue weighted by Crippen LogP contribution is -2.42. The fourth-order valence-corrected chi connectivity index (χ4v) is 2.70. The molecule has 1 aromatic rings. The Bertz CT molecular complexity index is 529. The van der Waals surface area contributed by atoms with Gasteiger partial charge >= 0.3 is 0 Å². The van der Waals surface area contributed by atoms with Crippen LogP contribution in [-0.2, 0) is 5.41 Å². The smallest absolute Gasteiger partial charge is 0.254 e. The van der Waals surface area contributed by atoms with E-state index in [0.717, 1.165) is 25.1 Å². The number of anilines is 1. The van der Waals surface area contributed by atoms with Gasteiger partial charge in [-0.3, -0.25) is 4.79 Å². The van der Waals surface area contributed by atoms with E-state index in [2.05, 4.69) is 39.6 Å². The first-order valence-corrected chi connectivity index (χ1v) is 7.21. The van der Waals surface area contributed by atoms with Crippen LogP contribution in [0.1, 0.15) is 63.5 Å². The maximum atomic E-state index is 12.7. The Morgan fingerprint density at radius 1 is 1.35 bits per heavy atom. The van der Waals surface area contributed by atoms with Crippen molar-refractivity contribution < 1.29 is 4.79 Å². The Kier molecular flexibility index (Phi) is 3.53. The van der Waals surface area contributed by atoms with Crippen molar-refractivity contribution in [2.75, 3.05) is 12.3 Å². The topological polar surface area (TPSA) is 59.2 Å². The van der Waals surface area contributed by atoms with Gasteiger partial charge in [0.05, 0.1) is 0 Å². The number of rotatable bonds is 1. The third-order valence-corrected chi connectivity index (χ3v) is 4.01. The molecule has 0 unspecified atom stereocenters. The highest BCUT2D eigenvalue weighted by Gasteiger charge is 2.36. The van der Waals surface area contributed by atoms with Gasteiger partial charge in [-0.2, -0.15) is 0 Å². The number of amides is 1. The summed E-state index contributed by atoms with van der Waals surface area (Å²) in [5, 5.41) is 0. The van der Waals surface area contributed by atoms with E-state index in [1.807, 2.05) is 11.0 Å². The summed E-state index contributed by atoms with van der Waals surface area (Å²) < 4.78 is 0. The summed E-state index contributed by atoms with van der Waals surface area (Å²) in [7, 11) is 0. The molecule has 2 heterocycles. The summed E-state index contributed by atoms with van der Waals surface area (Å²) in [5.41, 5.74) is 7.20. The molecule has 0 atom stereocenters. The van der Waals surface area contributed by atoms with Crippen molar-refractivity contribution >= 4 is 11.7 Å². The molecule has 1 saturated heterocycles. The number of nitrogen functional groups attached to an aromatic ring is 1. The van der Waals surface area contributed by atoms with Gasteiger partial charge in [-0.25, -0.2) is 4.98 Å². The van der Waals surface area contributed by atoms with Crippen LogP contribution in [-0.4, -0.2) is 27.9 Å². The van der Waals surface area contributed by atoms with Crippen LogP contribution >= 0.6 is 0 Å². The minimum Gasteiger partial charge on any atom is -0.384 e. The lowest BCUT2D eigenvalue weighted by molar-refractivity contribution is 0.0651. The molecule has 1 aliphatic rings. The SMILES string of the molecule is CC(C)(C)c1cc(C(=O)N2CCCC2(C)C)cc(N)n1. The van der Waals surface area contributed by atoms with Crippen molar-refractivity contribution in [2.45, 2.75) is 58.4 Å². The quantitative estimate of drug-likeness (QED) is 0.857. The number of hydrogen-bond donors (Lipinski definition) is 1. The van der Waals surface area contributed by atoms with E-state index >= 15 is 0 Å². The summed E-state index contributed by atoms with van der Waals surface area (Å²) in [4.78, 5) is 19.0. The monoisotopic (exact) mass is 275 g/mol. The molecule has 1 amide bonds. The first-order chi connectivity index (χ1) is 9.11. The fourth-order valence-electron chi connectivity index (χ4n) is 2.70. The van der Waals surface area contributed by atoms with Crippen molar-refractivity contribution in [1.29, 1.82) is 0 Å². The average Bonchev–Trinajstić information content (AvgIpc) is 2.66. The van der Waals surface area contributed by atoms with E-state index in [9.17, 15) is 4.79 Å². The van der Waals surface area contributed by atoms with Crippen molar-refractivity contribution in [2.24, 2.45) is 0 Å². The van der Waals surface area contributed by atoms with Gasteiger partial charge in [0.15, 0.2) is 0 Å². The van der Waals surface area contributed by atoms with E-state index in [1.165, 1.54) is 0 Å². The molecule has 20 heavy (non-hydrogen) atoms. The minimum atomic E-state index is -0.120. The van der Waals surface area contributed by atoms with Crippen LogP contribution in [0.4, 0.5) is 5.82 Å². The number of pyridine rings is 1. The predicted octanol–water partition coefficient (Wildman–Crippen LogP) is 2.98. The molecular weight excluding hydrogens is 250 g/mol. The highest BCUT2D eigenvalue weighted by Crippen LogP contribution is 2.31. The van der Waals surface area contributed by atoms with Crippen molar-refractivity contribution in [3.63, 3.8) is 0 Å². The molecule has 4 nitrogen and oxygen atoms in total. The number of carbonyl (C=O) groups is 1. The molecule has 1 aliphatic heterocycles. The van der Waals surface area contributed by atoms with Gasteiger partial charge in [-0.05, 0) is 38.8 Å². The molecule has 0 radical (unpaired) electrons. The number of aromatic nitrogens is 1. The van der Waals surface area contributed by atoms with Crippen LogP contribution in [0.25, 0.3) is 0 Å². The first kappa shape index (κ1) is 14.8. The molecule has 0 bridgehead atoms. The Hall–Kier alpha value is -1.58. The second kappa shape index (κ2) is 4.76. The van der Waals surface area contributed by atoms with Crippen LogP contribution in [0.2, 0.25) is 0 Å². The number of nitrogens with zero attached hydrogens (tertiary/aromatic N) is 2. The Morgan fingerprint density at radius 2 is 2.00 bits per heavy atom. The maximum absolute atomic E-state index is 12.7. The summed E-state index contributed by atoms with van der Waals surface area (Å²) in [5.74, 6) is 0.477. The van der Waals surface area contributed by atoms with E-state index in [4.69, 9.17) is 5.73 Å². The zero-order chi connectivity index (χ0) is 15.1. The molecule has 1 aromatic heterocycles. The van der Waals surface area contributed by atoms with Gasteiger partial charge in [-0.1, -0.05) is 20.8 Å². The molecular formula is C16H25N3O. The normalized spacial score (nSPS) is 18.4. The maximum Gasteiger partial charge on any atom is 0.254 e. The predicted molar refractivity (Wildman–Crippen MR) is 81.7 cm³/mol. The molecule has 110 valence electrons.